The Morgan fingerprint density at radius 3 is 2.33 bits per heavy atom. The molecular formula is C28H31FN6O3S. The van der Waals surface area contributed by atoms with Gasteiger partial charge in [0.25, 0.3) is 0 Å². The van der Waals surface area contributed by atoms with Gasteiger partial charge >= 0.3 is 6.03 Å². The van der Waals surface area contributed by atoms with Gasteiger partial charge in [-0.1, -0.05) is 18.2 Å². The summed E-state index contributed by atoms with van der Waals surface area (Å²) in [6.07, 6.45) is 3.34. The topological polar surface area (TPSA) is 98.8 Å². The summed E-state index contributed by atoms with van der Waals surface area (Å²) in [5.41, 5.74) is 2.95. The fourth-order valence-corrected chi connectivity index (χ4v) is 4.33. The number of ether oxygens (including phenoxy) is 1. The van der Waals surface area contributed by atoms with Crippen molar-refractivity contribution in [2.45, 2.75) is 25.8 Å². The molecule has 1 aromatic heterocycles. The van der Waals surface area contributed by atoms with Crippen molar-refractivity contribution in [2.75, 3.05) is 37.8 Å². The van der Waals surface area contributed by atoms with Crippen LogP contribution in [-0.4, -0.2) is 65.1 Å². The van der Waals surface area contributed by atoms with Crippen molar-refractivity contribution in [3.05, 3.63) is 66.6 Å². The summed E-state index contributed by atoms with van der Waals surface area (Å²) >= 11 is 4.94. The summed E-state index contributed by atoms with van der Waals surface area (Å²) in [6, 6.07) is 15.8. The Kier molecular flexibility index (Phi) is 9.05. The number of urea groups is 1. The van der Waals surface area contributed by atoms with E-state index in [-0.39, 0.29) is 34.5 Å². The van der Waals surface area contributed by atoms with Crippen molar-refractivity contribution in [1.82, 2.24) is 20.1 Å². The molecule has 39 heavy (non-hydrogen) atoms. The first kappa shape index (κ1) is 27.9. The fourth-order valence-electron chi connectivity index (χ4n) is 4.07. The molecule has 3 aliphatic rings. The zero-order chi connectivity index (χ0) is 27.9. The molecule has 0 spiro atoms. The Morgan fingerprint density at radius 1 is 1.05 bits per heavy atom. The molecule has 1 saturated heterocycles. The number of nitrogens with one attached hydrogen (secondary N) is 3. The number of piperidine rings is 1. The second-order valence-electron chi connectivity index (χ2n) is 9.41. The van der Waals surface area contributed by atoms with Crippen LogP contribution < -0.4 is 20.7 Å². The molecule has 9 nitrogen and oxygen atoms in total. The van der Waals surface area contributed by atoms with Crippen LogP contribution in [0.5, 0.6) is 11.5 Å². The number of hydrogen-bond acceptors (Lipinski definition) is 6. The van der Waals surface area contributed by atoms with E-state index in [2.05, 4.69) is 57.1 Å². The number of anilines is 2. The molecule has 0 unspecified atom stereocenters. The van der Waals surface area contributed by atoms with Crippen LogP contribution in [0.2, 0.25) is 0 Å². The van der Waals surface area contributed by atoms with Gasteiger partial charge in [-0.05, 0) is 80.6 Å². The number of likely N-dealkylation sites (tertiary alicyclic amines) is 1. The maximum Gasteiger partial charge on any atom is 0.323 e. The molecule has 1 aromatic carbocycles. The van der Waals surface area contributed by atoms with Gasteiger partial charge in [-0.2, -0.15) is 0 Å². The van der Waals surface area contributed by atoms with Crippen molar-refractivity contribution in [2.24, 2.45) is 0 Å². The van der Waals surface area contributed by atoms with Gasteiger partial charge in [-0.3, -0.25) is 10.1 Å². The third-order valence-electron chi connectivity index (χ3n) is 6.35. The molecule has 11 heteroatoms. The SMILES string of the molecule is CC(=O)NC(=S)Nc1ccc(Oc2ccnc(NC(=O)N(C)C3CCN(C)CC3)c2)cc1F.c1cc2cc-2c1. The summed E-state index contributed by atoms with van der Waals surface area (Å²) in [5, 5.41) is 7.75. The molecule has 0 saturated carbocycles. The maximum absolute atomic E-state index is 14.4. The second kappa shape index (κ2) is 12.6. The van der Waals surface area contributed by atoms with Crippen LogP contribution in [0.15, 0.2) is 60.8 Å². The zero-order valence-corrected chi connectivity index (χ0v) is 22.8. The zero-order valence-electron chi connectivity index (χ0n) is 22.0. The van der Waals surface area contributed by atoms with Gasteiger partial charge in [0.15, 0.2) is 5.11 Å². The summed E-state index contributed by atoms with van der Waals surface area (Å²) < 4.78 is 20.1. The summed E-state index contributed by atoms with van der Waals surface area (Å²) in [4.78, 5) is 31.8. The summed E-state index contributed by atoms with van der Waals surface area (Å²) in [5.74, 6) is -0.00301. The Bertz CT molecular complexity index is 1350. The Hall–Kier alpha value is -4.09. The molecule has 3 N–H and O–H groups in total. The number of halogens is 1. The first-order valence-electron chi connectivity index (χ1n) is 12.5. The van der Waals surface area contributed by atoms with E-state index in [1.807, 2.05) is 0 Å². The lowest BCUT2D eigenvalue weighted by Crippen LogP contribution is -2.46. The molecule has 5 rings (SSSR count). The minimum absolute atomic E-state index is 0.00481. The number of benzene rings is 2. The number of amides is 3. The number of aromatic nitrogens is 1. The number of fused-ring (bicyclic) bond motifs is 1. The largest absolute Gasteiger partial charge is 0.457 e. The minimum atomic E-state index is -0.609. The molecule has 2 aliphatic carbocycles. The summed E-state index contributed by atoms with van der Waals surface area (Å²) in [7, 11) is 3.85. The molecule has 1 fully saturated rings. The number of thiocarbonyl (C=S) groups is 1. The molecule has 1 aliphatic heterocycles. The lowest BCUT2D eigenvalue weighted by atomic mass is 10.0. The smallest absolute Gasteiger partial charge is 0.323 e. The van der Waals surface area contributed by atoms with Gasteiger partial charge in [0.2, 0.25) is 5.91 Å². The van der Waals surface area contributed by atoms with Crippen molar-refractivity contribution in [3.63, 3.8) is 0 Å². The van der Waals surface area contributed by atoms with E-state index in [1.54, 1.807) is 30.1 Å². The molecule has 2 aromatic rings. The fraction of sp³-hybridized carbons (Fsp3) is 0.286. The summed E-state index contributed by atoms with van der Waals surface area (Å²) in [6.45, 7) is 3.21. The quantitative estimate of drug-likeness (QED) is 0.299. The number of pyridine rings is 1. The molecule has 3 amide bonds. The Balaban J connectivity index is 0.000000508. The maximum atomic E-state index is 14.4. The van der Waals surface area contributed by atoms with Crippen LogP contribution in [0.3, 0.4) is 0 Å². The number of carbonyl (C=O) groups is 2. The highest BCUT2D eigenvalue weighted by Crippen LogP contribution is 2.32. The van der Waals surface area contributed by atoms with Gasteiger partial charge < -0.3 is 25.2 Å². The monoisotopic (exact) mass is 550 g/mol. The Morgan fingerprint density at radius 2 is 1.74 bits per heavy atom. The van der Waals surface area contributed by atoms with Crippen molar-refractivity contribution < 1.29 is 18.7 Å². The van der Waals surface area contributed by atoms with Gasteiger partial charge in [-0.25, -0.2) is 14.2 Å². The average Bonchev–Trinajstić information content (AvgIpc) is 3.49. The molecule has 0 atom stereocenters. The minimum Gasteiger partial charge on any atom is -0.457 e. The molecule has 204 valence electrons. The van der Waals surface area contributed by atoms with E-state index in [4.69, 9.17) is 17.0 Å². The van der Waals surface area contributed by atoms with E-state index >= 15 is 0 Å². The van der Waals surface area contributed by atoms with Gasteiger partial charge in [-0.15, -0.1) is 0 Å². The lowest BCUT2D eigenvalue weighted by molar-refractivity contribution is -0.117. The number of hydrogen-bond donors (Lipinski definition) is 3. The van der Waals surface area contributed by atoms with E-state index in [1.165, 1.54) is 36.4 Å². The van der Waals surface area contributed by atoms with Crippen LogP contribution in [0.4, 0.5) is 20.7 Å². The van der Waals surface area contributed by atoms with Crippen LogP contribution >= 0.6 is 12.2 Å². The number of nitrogens with zero attached hydrogens (tertiary/aromatic N) is 3. The van der Waals surface area contributed by atoms with Crippen molar-refractivity contribution in [1.29, 1.82) is 0 Å². The predicted molar refractivity (Wildman–Crippen MR) is 153 cm³/mol. The van der Waals surface area contributed by atoms with Gasteiger partial charge in [0, 0.05) is 38.3 Å². The highest BCUT2D eigenvalue weighted by atomic mass is 32.1. The lowest BCUT2D eigenvalue weighted by Gasteiger charge is -2.34. The van der Waals surface area contributed by atoms with E-state index in [0.29, 0.717) is 11.6 Å². The predicted octanol–water partition coefficient (Wildman–Crippen LogP) is 5.07. The molecule has 0 radical (unpaired) electrons. The second-order valence-corrected chi connectivity index (χ2v) is 9.82. The molecular weight excluding hydrogens is 519 g/mol. The van der Waals surface area contributed by atoms with E-state index < -0.39 is 5.82 Å². The first-order chi connectivity index (χ1) is 18.7. The molecule has 2 heterocycles. The third-order valence-corrected chi connectivity index (χ3v) is 6.55. The normalized spacial score (nSPS) is 13.8. The highest BCUT2D eigenvalue weighted by Gasteiger charge is 2.24. The van der Waals surface area contributed by atoms with Crippen molar-refractivity contribution >= 4 is 40.8 Å². The first-order valence-corrected chi connectivity index (χ1v) is 12.9. The van der Waals surface area contributed by atoms with Crippen LogP contribution in [0, 0.1) is 5.82 Å². The number of carbonyl (C=O) groups excluding carboxylic acids is 2. The average molecular weight is 551 g/mol. The van der Waals surface area contributed by atoms with Crippen LogP contribution in [-0.2, 0) is 4.79 Å². The van der Waals surface area contributed by atoms with Gasteiger partial charge in [0.1, 0.15) is 23.1 Å². The van der Waals surface area contributed by atoms with Gasteiger partial charge in [0.05, 0.1) is 5.69 Å². The molecule has 0 bridgehead atoms. The van der Waals surface area contributed by atoms with Crippen LogP contribution in [0.1, 0.15) is 19.8 Å². The van der Waals surface area contributed by atoms with Crippen molar-refractivity contribution in [3.8, 4) is 22.6 Å². The van der Waals surface area contributed by atoms with E-state index in [9.17, 15) is 14.0 Å². The van der Waals surface area contributed by atoms with E-state index in [0.717, 1.165) is 25.9 Å². The Labute approximate surface area is 232 Å². The highest BCUT2D eigenvalue weighted by molar-refractivity contribution is 7.80. The third kappa shape index (κ3) is 8.20. The number of rotatable bonds is 5. The standard InChI is InChI=1S/C22H27FN6O3S.C6H4/c1-14(30)25-21(33)26-19-5-4-16(12-18(19)23)32-17-6-9-24-20(13-17)27-22(31)29(3)15-7-10-28(2)11-8-15;1-2-5-4-6(5)3-1/h4-6,9,12-13,15H,7-8,10-11H2,1-3H3,(H,24,27,31)(H2,25,26,30,33);1-4H. The van der Waals surface area contributed by atoms with Crippen LogP contribution in [0.25, 0.3) is 11.1 Å².